The third-order valence-corrected chi connectivity index (χ3v) is 16.4. The molecule has 0 spiro atoms. The number of esters is 3. The Morgan fingerprint density at radius 3 is 0.884 bits per heavy atom. The Balaban J connectivity index is 4.63. The van der Waals surface area contributed by atoms with Gasteiger partial charge in [-0.2, -0.15) is 0 Å². The Bertz CT molecular complexity index is 2310. The van der Waals surface area contributed by atoms with Crippen molar-refractivity contribution in [3.8, 4) is 0 Å². The van der Waals surface area contributed by atoms with Crippen LogP contribution < -0.4 is 0 Å². The molecule has 0 heterocycles. The number of carbonyl (C=O) groups excluding carboxylic acids is 3. The van der Waals surface area contributed by atoms with Crippen LogP contribution in [-0.2, 0) is 55.8 Å². The van der Waals surface area contributed by atoms with Crippen LogP contribution in [0.1, 0.15) is 265 Å². The number of hydrogen-bond donors (Lipinski definition) is 4. The highest BCUT2D eigenvalue weighted by Gasteiger charge is 2.29. The number of rotatable bonds is 67. The van der Waals surface area contributed by atoms with Crippen molar-refractivity contribution < 1.29 is 75.8 Å². The van der Waals surface area contributed by atoms with Crippen LogP contribution in [0, 0.1) is 0 Å². The summed E-state index contributed by atoms with van der Waals surface area (Å²) in [6, 6.07) is 0. The van der Waals surface area contributed by atoms with Crippen molar-refractivity contribution in [1.29, 1.82) is 0 Å². The zero-order valence-electron chi connectivity index (χ0n) is 58.8. The van der Waals surface area contributed by atoms with Gasteiger partial charge in [-0.1, -0.05) is 256 Å². The van der Waals surface area contributed by atoms with E-state index in [4.69, 9.17) is 32.3 Å². The Morgan fingerprint density at radius 2 is 0.558 bits per heavy atom. The molecule has 5 atom stereocenters. The normalized spacial score (nSPS) is 15.0. The van der Waals surface area contributed by atoms with E-state index in [1.54, 1.807) is 0 Å². The average Bonchev–Trinajstić information content (AvgIpc) is 1.91. The summed E-state index contributed by atoms with van der Waals surface area (Å²) in [4.78, 5) is 58.5. The van der Waals surface area contributed by atoms with Gasteiger partial charge in [-0.05, 0) is 135 Å². The molecule has 16 nitrogen and oxygen atoms in total. The van der Waals surface area contributed by atoms with Gasteiger partial charge in [0.05, 0.1) is 26.4 Å². The minimum absolute atomic E-state index is 0.0811. The summed E-state index contributed by atoms with van der Waals surface area (Å²) in [5.74, 6) is -1.62. The first-order valence-electron chi connectivity index (χ1n) is 36.1. The molecule has 0 radical (unpaired) electrons. The van der Waals surface area contributed by atoms with Crippen LogP contribution in [0.3, 0.4) is 0 Å². The van der Waals surface area contributed by atoms with Gasteiger partial charge in [-0.3, -0.25) is 32.5 Å². The van der Waals surface area contributed by atoms with E-state index < -0.39 is 91.5 Å². The highest BCUT2D eigenvalue weighted by Crippen LogP contribution is 2.45. The van der Waals surface area contributed by atoms with Gasteiger partial charge in [0.15, 0.2) is 6.10 Å². The molecule has 0 amide bonds. The standard InChI is InChI=1S/C77H128O16P2/c1-4-7-10-13-16-19-22-25-27-29-31-33-35-37-39-41-43-46-48-51-54-57-60-63-75(80)87-66-72(78)67-89-94(83,84)90-68-73(79)69-91-95(85,86)92-71-74(93-77(82)65-62-59-56-53-50-45-24-21-18-15-12-9-6-3)70-88-76(81)64-61-58-55-52-49-47-44-42-40-38-36-34-32-30-28-26-23-20-17-14-11-8-5-2/h7-8,10-12,15-17,19-21,24-28,31-34,37-40,72-74,78-79H,4-6,9,13-14,18,22-23,29-30,35-36,41-71H2,1-3H3,(H,83,84)(H,85,86)/b10-7-,11-8-,15-12-,19-16-,20-17-,24-21-,27-25-,28-26-,33-31-,34-32-,39-37-,40-38-. The van der Waals surface area contributed by atoms with Crippen molar-refractivity contribution in [2.24, 2.45) is 0 Å². The summed E-state index contributed by atoms with van der Waals surface area (Å²) in [5.41, 5.74) is 0. The van der Waals surface area contributed by atoms with Gasteiger partial charge in [0.1, 0.15) is 25.4 Å². The summed E-state index contributed by atoms with van der Waals surface area (Å²) in [7, 11) is -9.80. The number of allylic oxidation sites excluding steroid dienone is 24. The van der Waals surface area contributed by atoms with Crippen molar-refractivity contribution in [3.05, 3.63) is 146 Å². The molecule has 0 saturated carbocycles. The Labute approximate surface area is 575 Å². The number of phosphoric acid groups is 2. The zero-order chi connectivity index (χ0) is 69.5. The van der Waals surface area contributed by atoms with E-state index in [-0.39, 0.29) is 19.3 Å². The maximum absolute atomic E-state index is 12.9. The minimum Gasteiger partial charge on any atom is -0.463 e. The summed E-state index contributed by atoms with van der Waals surface area (Å²) < 4.78 is 60.9. The molecule has 0 rings (SSSR count). The van der Waals surface area contributed by atoms with E-state index in [0.717, 1.165) is 205 Å². The van der Waals surface area contributed by atoms with Crippen LogP contribution in [-0.4, -0.2) is 95.9 Å². The van der Waals surface area contributed by atoms with E-state index in [0.29, 0.717) is 19.3 Å². The first-order valence-corrected chi connectivity index (χ1v) is 39.1. The molecule has 0 bridgehead atoms. The van der Waals surface area contributed by atoms with Crippen molar-refractivity contribution in [1.82, 2.24) is 0 Å². The van der Waals surface area contributed by atoms with Gasteiger partial charge in [0.2, 0.25) is 0 Å². The fraction of sp³-hybridized carbons (Fsp3) is 0.649. The molecule has 542 valence electrons. The van der Waals surface area contributed by atoms with Gasteiger partial charge in [0.25, 0.3) is 0 Å². The third kappa shape index (κ3) is 70.6. The van der Waals surface area contributed by atoms with Gasteiger partial charge < -0.3 is 34.2 Å². The maximum atomic E-state index is 12.9. The quantitative estimate of drug-likeness (QED) is 0.0146. The highest BCUT2D eigenvalue weighted by atomic mass is 31.2. The molecule has 4 N–H and O–H groups in total. The average molecular weight is 1370 g/mol. The Hall–Kier alpha value is -4.57. The van der Waals surface area contributed by atoms with E-state index >= 15 is 0 Å². The predicted octanol–water partition coefficient (Wildman–Crippen LogP) is 20.5. The zero-order valence-corrected chi connectivity index (χ0v) is 60.6. The monoisotopic (exact) mass is 1370 g/mol. The number of phosphoric ester groups is 2. The number of aliphatic hydroxyl groups is 2. The molecule has 0 aliphatic rings. The minimum atomic E-state index is -4.94. The lowest BCUT2D eigenvalue weighted by molar-refractivity contribution is -0.161. The van der Waals surface area contributed by atoms with E-state index in [9.17, 15) is 43.5 Å². The SMILES string of the molecule is CC/C=C\C/C=C\C/C=C\C/C=C\C/C=C\CCCCCCCCCC(=O)OCC(O)COP(=O)(O)OCC(O)COP(=O)(O)OCC(COC(=O)CCCCCCCCC/C=C\C/C=C\C/C=C\C/C=C\C/C=C\CC)OC(=O)CCCCCCC/C=C\C/C=C\CCC. The fourth-order valence-corrected chi connectivity index (χ4v) is 10.7. The second-order valence-corrected chi connectivity index (χ2v) is 26.5. The van der Waals surface area contributed by atoms with Crippen LogP contribution >= 0.6 is 15.6 Å². The van der Waals surface area contributed by atoms with Crippen molar-refractivity contribution in [3.63, 3.8) is 0 Å². The molecule has 95 heavy (non-hydrogen) atoms. The second-order valence-electron chi connectivity index (χ2n) is 23.6. The smallest absolute Gasteiger partial charge is 0.463 e. The molecule has 5 unspecified atom stereocenters. The first kappa shape index (κ1) is 90.4. The molecule has 0 aromatic rings. The number of carbonyl (C=O) groups is 3. The summed E-state index contributed by atoms with van der Waals surface area (Å²) in [5, 5.41) is 20.6. The van der Waals surface area contributed by atoms with Crippen LogP contribution in [0.2, 0.25) is 0 Å². The molecule has 0 aromatic heterocycles. The molecular formula is C77H128O16P2. The second kappa shape index (κ2) is 69.3. The summed E-state index contributed by atoms with van der Waals surface area (Å²) in [6.45, 7) is 2.32. The lowest BCUT2D eigenvalue weighted by atomic mass is 10.1. The predicted molar refractivity (Wildman–Crippen MR) is 389 cm³/mol. The van der Waals surface area contributed by atoms with Crippen molar-refractivity contribution in [2.75, 3.05) is 39.6 Å². The third-order valence-electron chi connectivity index (χ3n) is 14.5. The van der Waals surface area contributed by atoms with Crippen molar-refractivity contribution >= 4 is 33.6 Å². The molecule has 0 aliphatic carbocycles. The fourth-order valence-electron chi connectivity index (χ4n) is 9.07. The van der Waals surface area contributed by atoms with Crippen LogP contribution in [0.5, 0.6) is 0 Å². The lowest BCUT2D eigenvalue weighted by Gasteiger charge is -2.21. The van der Waals surface area contributed by atoms with Gasteiger partial charge in [-0.15, -0.1) is 0 Å². The number of unbranched alkanes of at least 4 members (excludes halogenated alkanes) is 20. The molecule has 18 heteroatoms. The number of ether oxygens (including phenoxy) is 3. The Kier molecular flexibility index (Phi) is 66.0. The summed E-state index contributed by atoms with van der Waals surface area (Å²) in [6.07, 6.45) is 83.2. The van der Waals surface area contributed by atoms with Crippen LogP contribution in [0.25, 0.3) is 0 Å². The van der Waals surface area contributed by atoms with Gasteiger partial charge in [0, 0.05) is 19.3 Å². The van der Waals surface area contributed by atoms with E-state index in [1.807, 2.05) is 0 Å². The molecular weight excluding hydrogens is 1240 g/mol. The van der Waals surface area contributed by atoms with Crippen molar-refractivity contribution in [2.45, 2.75) is 283 Å². The topological polar surface area (TPSA) is 231 Å². The highest BCUT2D eigenvalue weighted by molar-refractivity contribution is 7.47. The van der Waals surface area contributed by atoms with Crippen LogP contribution in [0.15, 0.2) is 146 Å². The summed E-state index contributed by atoms with van der Waals surface area (Å²) >= 11 is 0. The lowest BCUT2D eigenvalue weighted by Crippen LogP contribution is -2.30. The van der Waals surface area contributed by atoms with E-state index in [2.05, 4.69) is 167 Å². The maximum Gasteiger partial charge on any atom is 0.472 e. The van der Waals surface area contributed by atoms with Gasteiger partial charge in [-0.25, -0.2) is 9.13 Å². The van der Waals surface area contributed by atoms with E-state index in [1.165, 1.54) is 0 Å². The van der Waals surface area contributed by atoms with Gasteiger partial charge >= 0.3 is 33.6 Å². The molecule has 0 saturated heterocycles. The molecule has 0 fully saturated rings. The number of aliphatic hydroxyl groups excluding tert-OH is 2. The molecule has 0 aromatic carbocycles. The molecule has 0 aliphatic heterocycles. The number of hydrogen-bond acceptors (Lipinski definition) is 14. The van der Waals surface area contributed by atoms with Crippen LogP contribution in [0.4, 0.5) is 0 Å². The first-order chi connectivity index (χ1) is 46.2. The Morgan fingerprint density at radius 1 is 0.305 bits per heavy atom. The largest absolute Gasteiger partial charge is 0.472 e.